The zero-order chi connectivity index (χ0) is 18.5. The average Bonchev–Trinajstić information content (AvgIpc) is 2.59. The molecule has 25 heavy (non-hydrogen) atoms. The van der Waals surface area contributed by atoms with E-state index in [0.29, 0.717) is 26.4 Å². The van der Waals surface area contributed by atoms with Crippen LogP contribution in [0.3, 0.4) is 0 Å². The van der Waals surface area contributed by atoms with E-state index in [1.54, 1.807) is 7.11 Å². The molecule has 0 spiro atoms. The SMILES string of the molecule is CCNC(=NCC(C)(C)c1cccc(Cl)c1)NCCCOCCOC. The first kappa shape index (κ1) is 21.7. The summed E-state index contributed by atoms with van der Waals surface area (Å²) in [6.45, 7) is 10.7. The van der Waals surface area contributed by atoms with Gasteiger partial charge in [-0.2, -0.15) is 0 Å². The molecule has 1 rings (SSSR count). The molecule has 1 aromatic carbocycles. The maximum Gasteiger partial charge on any atom is 0.191 e. The summed E-state index contributed by atoms with van der Waals surface area (Å²) in [5.41, 5.74) is 1.10. The number of halogens is 1. The minimum atomic E-state index is -0.0868. The van der Waals surface area contributed by atoms with Crippen LogP contribution >= 0.6 is 11.6 Å². The lowest BCUT2D eigenvalue weighted by atomic mass is 9.85. The highest BCUT2D eigenvalue weighted by Gasteiger charge is 2.20. The molecule has 0 aliphatic heterocycles. The van der Waals surface area contributed by atoms with Crippen molar-refractivity contribution in [2.75, 3.05) is 46.6 Å². The number of hydrogen-bond donors (Lipinski definition) is 2. The van der Waals surface area contributed by atoms with E-state index in [2.05, 4.69) is 37.5 Å². The van der Waals surface area contributed by atoms with E-state index in [9.17, 15) is 0 Å². The highest BCUT2D eigenvalue weighted by molar-refractivity contribution is 6.30. The molecule has 0 atom stereocenters. The highest BCUT2D eigenvalue weighted by atomic mass is 35.5. The Hall–Kier alpha value is -1.30. The summed E-state index contributed by atoms with van der Waals surface area (Å²) < 4.78 is 10.4. The summed E-state index contributed by atoms with van der Waals surface area (Å²) in [6, 6.07) is 7.98. The van der Waals surface area contributed by atoms with Gasteiger partial charge < -0.3 is 20.1 Å². The van der Waals surface area contributed by atoms with Crippen LogP contribution in [0.4, 0.5) is 0 Å². The van der Waals surface area contributed by atoms with Crippen molar-refractivity contribution >= 4 is 17.6 Å². The lowest BCUT2D eigenvalue weighted by Crippen LogP contribution is -2.39. The number of methoxy groups -OCH3 is 1. The Bertz CT molecular complexity index is 521. The Balaban J connectivity index is 2.48. The number of hydrogen-bond acceptors (Lipinski definition) is 3. The highest BCUT2D eigenvalue weighted by Crippen LogP contribution is 2.25. The topological polar surface area (TPSA) is 54.9 Å². The molecule has 0 aliphatic rings. The summed E-state index contributed by atoms with van der Waals surface area (Å²) >= 11 is 6.11. The first-order chi connectivity index (χ1) is 12.0. The van der Waals surface area contributed by atoms with Crippen LogP contribution in [0.15, 0.2) is 29.3 Å². The van der Waals surface area contributed by atoms with Gasteiger partial charge in [0, 0.05) is 37.2 Å². The summed E-state index contributed by atoms with van der Waals surface area (Å²) in [4.78, 5) is 4.73. The zero-order valence-corrected chi connectivity index (χ0v) is 16.7. The van der Waals surface area contributed by atoms with E-state index < -0.39 is 0 Å². The van der Waals surface area contributed by atoms with Gasteiger partial charge in [-0.15, -0.1) is 0 Å². The van der Waals surface area contributed by atoms with E-state index in [4.69, 9.17) is 26.1 Å². The minimum Gasteiger partial charge on any atom is -0.382 e. The van der Waals surface area contributed by atoms with Crippen molar-refractivity contribution < 1.29 is 9.47 Å². The van der Waals surface area contributed by atoms with Gasteiger partial charge in [0.2, 0.25) is 0 Å². The quantitative estimate of drug-likeness (QED) is 0.357. The molecule has 0 unspecified atom stereocenters. The zero-order valence-electron chi connectivity index (χ0n) is 15.9. The standard InChI is InChI=1S/C19H32ClN3O2/c1-5-21-18(22-10-7-11-25-13-12-24-4)23-15-19(2,3)16-8-6-9-17(20)14-16/h6,8-9,14H,5,7,10-13,15H2,1-4H3,(H2,21,22,23). The number of aliphatic imine (C=N–C) groups is 1. The number of ether oxygens (including phenoxy) is 2. The fourth-order valence-electron chi connectivity index (χ4n) is 2.24. The van der Waals surface area contributed by atoms with E-state index >= 15 is 0 Å². The third kappa shape index (κ3) is 9.10. The van der Waals surface area contributed by atoms with Gasteiger partial charge in [0.25, 0.3) is 0 Å². The van der Waals surface area contributed by atoms with Gasteiger partial charge in [-0.25, -0.2) is 0 Å². The van der Waals surface area contributed by atoms with Crippen LogP contribution in [-0.2, 0) is 14.9 Å². The number of guanidine groups is 1. The second kappa shape index (κ2) is 12.1. The molecule has 1 aromatic rings. The third-order valence-corrected chi connectivity index (χ3v) is 4.01. The maximum absolute atomic E-state index is 6.11. The van der Waals surface area contributed by atoms with E-state index in [0.717, 1.165) is 30.5 Å². The van der Waals surface area contributed by atoms with Crippen LogP contribution in [0.25, 0.3) is 0 Å². The summed E-state index contributed by atoms with van der Waals surface area (Å²) in [5.74, 6) is 0.828. The van der Waals surface area contributed by atoms with Crippen molar-refractivity contribution in [1.82, 2.24) is 10.6 Å². The monoisotopic (exact) mass is 369 g/mol. The van der Waals surface area contributed by atoms with Gasteiger partial charge in [-0.1, -0.05) is 37.6 Å². The smallest absolute Gasteiger partial charge is 0.191 e. The van der Waals surface area contributed by atoms with Gasteiger partial charge in [-0.3, -0.25) is 4.99 Å². The van der Waals surface area contributed by atoms with Crippen molar-refractivity contribution in [3.63, 3.8) is 0 Å². The molecular formula is C19H32ClN3O2. The van der Waals surface area contributed by atoms with E-state index in [1.165, 1.54) is 5.56 Å². The van der Waals surface area contributed by atoms with Crippen LogP contribution in [0, 0.1) is 0 Å². The summed E-state index contributed by atoms with van der Waals surface area (Å²) in [5, 5.41) is 7.39. The van der Waals surface area contributed by atoms with Gasteiger partial charge in [-0.05, 0) is 31.0 Å². The first-order valence-electron chi connectivity index (χ1n) is 8.84. The number of nitrogens with one attached hydrogen (secondary N) is 2. The normalized spacial score (nSPS) is 12.3. The van der Waals surface area contributed by atoms with Gasteiger partial charge >= 0.3 is 0 Å². The van der Waals surface area contributed by atoms with Crippen LogP contribution in [0.1, 0.15) is 32.8 Å². The molecule has 0 saturated carbocycles. The molecule has 0 aliphatic carbocycles. The Morgan fingerprint density at radius 3 is 2.68 bits per heavy atom. The van der Waals surface area contributed by atoms with Crippen LogP contribution in [0.2, 0.25) is 5.02 Å². The molecule has 0 aromatic heterocycles. The molecule has 2 N–H and O–H groups in total. The lowest BCUT2D eigenvalue weighted by Gasteiger charge is -2.24. The minimum absolute atomic E-state index is 0.0868. The van der Waals surface area contributed by atoms with Crippen molar-refractivity contribution in [2.45, 2.75) is 32.6 Å². The molecule has 0 amide bonds. The fourth-order valence-corrected chi connectivity index (χ4v) is 2.43. The Morgan fingerprint density at radius 1 is 1.20 bits per heavy atom. The number of rotatable bonds is 11. The number of benzene rings is 1. The van der Waals surface area contributed by atoms with Gasteiger partial charge in [0.05, 0.1) is 19.8 Å². The Morgan fingerprint density at radius 2 is 2.00 bits per heavy atom. The Labute approximate surface area is 157 Å². The molecule has 6 heteroatoms. The van der Waals surface area contributed by atoms with E-state index in [-0.39, 0.29) is 5.41 Å². The largest absolute Gasteiger partial charge is 0.382 e. The van der Waals surface area contributed by atoms with Crippen LogP contribution in [0.5, 0.6) is 0 Å². The molecule has 0 radical (unpaired) electrons. The molecule has 0 fully saturated rings. The fraction of sp³-hybridized carbons (Fsp3) is 0.632. The summed E-state index contributed by atoms with van der Waals surface area (Å²) in [6.07, 6.45) is 0.922. The molecule has 0 saturated heterocycles. The second-order valence-electron chi connectivity index (χ2n) is 6.47. The lowest BCUT2D eigenvalue weighted by molar-refractivity contribution is 0.0698. The van der Waals surface area contributed by atoms with Gasteiger partial charge in [0.15, 0.2) is 5.96 Å². The first-order valence-corrected chi connectivity index (χ1v) is 9.22. The average molecular weight is 370 g/mol. The second-order valence-corrected chi connectivity index (χ2v) is 6.91. The van der Waals surface area contributed by atoms with Crippen LogP contribution < -0.4 is 10.6 Å². The predicted octanol–water partition coefficient (Wildman–Crippen LogP) is 3.23. The molecular weight excluding hydrogens is 338 g/mol. The Kier molecular flexibility index (Phi) is 10.5. The third-order valence-electron chi connectivity index (χ3n) is 3.77. The molecule has 142 valence electrons. The van der Waals surface area contributed by atoms with E-state index in [1.807, 2.05) is 18.2 Å². The van der Waals surface area contributed by atoms with Gasteiger partial charge in [0.1, 0.15) is 0 Å². The van der Waals surface area contributed by atoms with Crippen molar-refractivity contribution in [3.8, 4) is 0 Å². The van der Waals surface area contributed by atoms with Crippen molar-refractivity contribution in [1.29, 1.82) is 0 Å². The van der Waals surface area contributed by atoms with Crippen molar-refractivity contribution in [3.05, 3.63) is 34.9 Å². The van der Waals surface area contributed by atoms with Crippen molar-refractivity contribution in [2.24, 2.45) is 4.99 Å². The number of nitrogens with zero attached hydrogens (tertiary/aromatic N) is 1. The molecule has 0 bridgehead atoms. The predicted molar refractivity (Wildman–Crippen MR) is 106 cm³/mol. The van der Waals surface area contributed by atoms with Crippen LogP contribution in [-0.4, -0.2) is 52.5 Å². The summed E-state index contributed by atoms with van der Waals surface area (Å²) in [7, 11) is 1.68. The maximum atomic E-state index is 6.11. The molecule has 5 nitrogen and oxygen atoms in total. The molecule has 0 heterocycles.